The molecular formula is C11H14N2O4S. The van der Waals surface area contributed by atoms with Gasteiger partial charge in [0, 0.05) is 18.4 Å². The standard InChI is InChI=1S/C11H14N2O4S/c1-17-10(14)8-6-12-11(18(2,15)16)13-9(8)7-4-3-5-7/h6-7H,3-5H2,1-2H3. The Morgan fingerprint density at radius 3 is 2.56 bits per heavy atom. The number of ether oxygens (including phenoxy) is 1. The zero-order valence-corrected chi connectivity index (χ0v) is 11.0. The molecule has 1 aromatic rings. The summed E-state index contributed by atoms with van der Waals surface area (Å²) < 4.78 is 27.5. The van der Waals surface area contributed by atoms with E-state index in [4.69, 9.17) is 0 Å². The van der Waals surface area contributed by atoms with Crippen molar-refractivity contribution in [3.8, 4) is 0 Å². The van der Waals surface area contributed by atoms with Crippen LogP contribution in [0.4, 0.5) is 0 Å². The van der Waals surface area contributed by atoms with Gasteiger partial charge in [-0.1, -0.05) is 6.42 Å². The van der Waals surface area contributed by atoms with Crippen LogP contribution in [0.3, 0.4) is 0 Å². The average molecular weight is 270 g/mol. The zero-order valence-electron chi connectivity index (χ0n) is 10.2. The van der Waals surface area contributed by atoms with E-state index in [1.165, 1.54) is 13.3 Å². The van der Waals surface area contributed by atoms with E-state index in [0.29, 0.717) is 5.69 Å². The summed E-state index contributed by atoms with van der Waals surface area (Å²) in [6, 6.07) is 0. The molecule has 6 nitrogen and oxygen atoms in total. The lowest BCUT2D eigenvalue weighted by molar-refractivity contribution is 0.0596. The summed E-state index contributed by atoms with van der Waals surface area (Å²) >= 11 is 0. The number of hydrogen-bond donors (Lipinski definition) is 0. The number of esters is 1. The first-order valence-corrected chi connectivity index (χ1v) is 7.48. The monoisotopic (exact) mass is 270 g/mol. The molecule has 0 N–H and O–H groups in total. The fourth-order valence-electron chi connectivity index (χ4n) is 1.82. The van der Waals surface area contributed by atoms with Crippen LogP contribution in [-0.4, -0.2) is 37.7 Å². The Bertz CT molecular complexity index is 579. The Hall–Kier alpha value is -1.50. The van der Waals surface area contributed by atoms with Crippen LogP contribution < -0.4 is 0 Å². The topological polar surface area (TPSA) is 86.2 Å². The highest BCUT2D eigenvalue weighted by atomic mass is 32.2. The van der Waals surface area contributed by atoms with Crippen LogP contribution in [0.1, 0.15) is 41.2 Å². The molecule has 1 aromatic heterocycles. The van der Waals surface area contributed by atoms with Gasteiger partial charge in [0.25, 0.3) is 0 Å². The summed E-state index contributed by atoms with van der Waals surface area (Å²) in [6.07, 6.45) is 5.16. The molecule has 2 rings (SSSR count). The van der Waals surface area contributed by atoms with Crippen LogP contribution in [-0.2, 0) is 14.6 Å². The van der Waals surface area contributed by atoms with E-state index in [1.54, 1.807) is 0 Å². The van der Waals surface area contributed by atoms with Crippen molar-refractivity contribution in [3.05, 3.63) is 17.5 Å². The summed E-state index contributed by atoms with van der Waals surface area (Å²) in [5.41, 5.74) is 0.748. The third-order valence-electron chi connectivity index (χ3n) is 3.02. The largest absolute Gasteiger partial charge is 0.465 e. The summed E-state index contributed by atoms with van der Waals surface area (Å²) in [7, 11) is -2.19. The van der Waals surface area contributed by atoms with Crippen LogP contribution in [0.15, 0.2) is 11.4 Å². The van der Waals surface area contributed by atoms with Gasteiger partial charge in [0.1, 0.15) is 0 Å². The summed E-state index contributed by atoms with van der Waals surface area (Å²) in [5.74, 6) is -0.403. The molecule has 0 amide bonds. The van der Waals surface area contributed by atoms with Crippen molar-refractivity contribution in [2.45, 2.75) is 30.3 Å². The van der Waals surface area contributed by atoms with Crippen molar-refractivity contribution in [3.63, 3.8) is 0 Å². The van der Waals surface area contributed by atoms with Gasteiger partial charge < -0.3 is 4.74 Å². The average Bonchev–Trinajstić information content (AvgIpc) is 2.24. The molecule has 98 valence electrons. The number of methoxy groups -OCH3 is 1. The number of carbonyl (C=O) groups excluding carboxylic acids is 1. The van der Waals surface area contributed by atoms with Crippen molar-refractivity contribution >= 4 is 15.8 Å². The summed E-state index contributed by atoms with van der Waals surface area (Å²) in [4.78, 5) is 19.3. The van der Waals surface area contributed by atoms with Gasteiger partial charge in [0.15, 0.2) is 0 Å². The molecule has 1 aliphatic rings. The lowest BCUT2D eigenvalue weighted by Crippen LogP contribution is -2.19. The van der Waals surface area contributed by atoms with E-state index >= 15 is 0 Å². The first-order valence-electron chi connectivity index (χ1n) is 5.59. The van der Waals surface area contributed by atoms with Gasteiger partial charge in [-0.25, -0.2) is 23.2 Å². The highest BCUT2D eigenvalue weighted by Gasteiger charge is 2.28. The Balaban J connectivity index is 2.51. The smallest absolute Gasteiger partial charge is 0.341 e. The number of carbonyl (C=O) groups is 1. The van der Waals surface area contributed by atoms with Crippen molar-refractivity contribution in [2.24, 2.45) is 0 Å². The first kappa shape index (κ1) is 12.9. The molecule has 0 unspecified atom stereocenters. The van der Waals surface area contributed by atoms with Crippen LogP contribution in [0.5, 0.6) is 0 Å². The lowest BCUT2D eigenvalue weighted by Gasteiger charge is -2.26. The van der Waals surface area contributed by atoms with Gasteiger partial charge in [0.05, 0.1) is 18.4 Å². The number of aromatic nitrogens is 2. The molecular weight excluding hydrogens is 256 g/mol. The van der Waals surface area contributed by atoms with Gasteiger partial charge in [-0.05, 0) is 12.8 Å². The number of sulfone groups is 1. The Kier molecular flexibility index (Phi) is 3.34. The molecule has 1 heterocycles. The third kappa shape index (κ3) is 2.35. The minimum Gasteiger partial charge on any atom is -0.465 e. The minimum atomic E-state index is -3.47. The maximum absolute atomic E-state index is 11.6. The molecule has 0 radical (unpaired) electrons. The van der Waals surface area contributed by atoms with E-state index in [0.717, 1.165) is 25.5 Å². The minimum absolute atomic E-state index is 0.127. The van der Waals surface area contributed by atoms with Crippen molar-refractivity contribution < 1.29 is 17.9 Å². The molecule has 0 bridgehead atoms. The highest BCUT2D eigenvalue weighted by molar-refractivity contribution is 7.90. The van der Waals surface area contributed by atoms with Crippen LogP contribution in [0.2, 0.25) is 0 Å². The fourth-order valence-corrected chi connectivity index (χ4v) is 2.33. The summed E-state index contributed by atoms with van der Waals surface area (Å²) in [6.45, 7) is 0. The van der Waals surface area contributed by atoms with E-state index in [9.17, 15) is 13.2 Å². The zero-order chi connectivity index (χ0) is 13.3. The van der Waals surface area contributed by atoms with Gasteiger partial charge in [0.2, 0.25) is 15.0 Å². The van der Waals surface area contributed by atoms with Crippen LogP contribution in [0, 0.1) is 0 Å². The molecule has 1 aliphatic carbocycles. The second-order valence-corrected chi connectivity index (χ2v) is 6.25. The molecule has 0 spiro atoms. The number of nitrogens with zero attached hydrogens (tertiary/aromatic N) is 2. The van der Waals surface area contributed by atoms with Crippen LogP contribution in [0.25, 0.3) is 0 Å². The Labute approximate surface area is 105 Å². The quantitative estimate of drug-likeness (QED) is 0.600. The molecule has 0 aromatic carbocycles. The molecule has 0 atom stereocenters. The normalized spacial score (nSPS) is 16.1. The maximum Gasteiger partial charge on any atom is 0.341 e. The van der Waals surface area contributed by atoms with Crippen molar-refractivity contribution in [1.82, 2.24) is 9.97 Å². The maximum atomic E-state index is 11.6. The van der Waals surface area contributed by atoms with Gasteiger partial charge in [-0.15, -0.1) is 0 Å². The predicted molar refractivity (Wildman–Crippen MR) is 63.1 cm³/mol. The van der Waals surface area contributed by atoms with Gasteiger partial charge >= 0.3 is 5.97 Å². The number of rotatable bonds is 3. The van der Waals surface area contributed by atoms with Crippen molar-refractivity contribution in [1.29, 1.82) is 0 Å². The van der Waals surface area contributed by atoms with Crippen molar-refractivity contribution in [2.75, 3.05) is 13.4 Å². The van der Waals surface area contributed by atoms with Crippen LogP contribution >= 0.6 is 0 Å². The number of hydrogen-bond acceptors (Lipinski definition) is 6. The lowest BCUT2D eigenvalue weighted by atomic mass is 9.81. The fraction of sp³-hybridized carbons (Fsp3) is 0.545. The van der Waals surface area contributed by atoms with E-state index in [1.807, 2.05) is 0 Å². The molecule has 0 aliphatic heterocycles. The Morgan fingerprint density at radius 2 is 2.11 bits per heavy atom. The molecule has 18 heavy (non-hydrogen) atoms. The second kappa shape index (κ2) is 4.64. The SMILES string of the molecule is COC(=O)c1cnc(S(C)(=O)=O)nc1C1CCC1. The van der Waals surface area contributed by atoms with Gasteiger partial charge in [-0.3, -0.25) is 0 Å². The summed E-state index contributed by atoms with van der Waals surface area (Å²) in [5, 5.41) is -0.239. The van der Waals surface area contributed by atoms with E-state index in [2.05, 4.69) is 14.7 Å². The Morgan fingerprint density at radius 1 is 1.44 bits per heavy atom. The third-order valence-corrected chi connectivity index (χ3v) is 3.88. The predicted octanol–water partition coefficient (Wildman–Crippen LogP) is 0.934. The molecule has 1 fully saturated rings. The van der Waals surface area contributed by atoms with Gasteiger partial charge in [-0.2, -0.15) is 0 Å². The molecule has 1 saturated carbocycles. The van der Waals surface area contributed by atoms with E-state index < -0.39 is 15.8 Å². The first-order chi connectivity index (χ1) is 8.43. The second-order valence-electron chi connectivity index (χ2n) is 4.34. The molecule has 0 saturated heterocycles. The molecule has 7 heteroatoms. The highest BCUT2D eigenvalue weighted by Crippen LogP contribution is 2.37. The van der Waals surface area contributed by atoms with E-state index in [-0.39, 0.29) is 16.6 Å².